The maximum atomic E-state index is 11.8. The van der Waals surface area contributed by atoms with Crippen molar-refractivity contribution in [3.05, 3.63) is 11.8 Å². The summed E-state index contributed by atoms with van der Waals surface area (Å²) in [6.45, 7) is 2.72. The van der Waals surface area contributed by atoms with E-state index < -0.39 is 0 Å². The van der Waals surface area contributed by atoms with Gasteiger partial charge >= 0.3 is 6.03 Å². The minimum Gasteiger partial charge on any atom is -0.354 e. The van der Waals surface area contributed by atoms with Crippen molar-refractivity contribution in [1.29, 1.82) is 0 Å². The van der Waals surface area contributed by atoms with E-state index in [2.05, 4.69) is 21.0 Å². The highest BCUT2D eigenvalue weighted by molar-refractivity contribution is 5.88. The zero-order chi connectivity index (χ0) is 16.7. The number of nitrogens with zero attached hydrogens (tertiary/aromatic N) is 2. The molecule has 1 aromatic rings. The zero-order valence-corrected chi connectivity index (χ0v) is 14.0. The van der Waals surface area contributed by atoms with E-state index >= 15 is 0 Å². The van der Waals surface area contributed by atoms with Gasteiger partial charge in [0.1, 0.15) is 5.82 Å². The number of rotatable bonds is 6. The summed E-state index contributed by atoms with van der Waals surface area (Å²) in [5.74, 6) is 1.26. The fourth-order valence-electron chi connectivity index (χ4n) is 2.99. The normalized spacial score (nSPS) is 15.2. The van der Waals surface area contributed by atoms with Crippen LogP contribution in [-0.2, 0) is 11.8 Å². The van der Waals surface area contributed by atoms with Crippen molar-refractivity contribution >= 4 is 17.8 Å². The van der Waals surface area contributed by atoms with Crippen LogP contribution in [0, 0.1) is 12.8 Å². The van der Waals surface area contributed by atoms with Crippen LogP contribution in [0.5, 0.6) is 0 Å². The number of urea groups is 1. The van der Waals surface area contributed by atoms with E-state index in [-0.39, 0.29) is 11.9 Å². The lowest BCUT2D eigenvalue weighted by Crippen LogP contribution is -2.37. The first-order valence-electron chi connectivity index (χ1n) is 8.37. The summed E-state index contributed by atoms with van der Waals surface area (Å²) in [7, 11) is 1.77. The lowest BCUT2D eigenvalue weighted by Gasteiger charge is -2.20. The molecule has 1 fully saturated rings. The summed E-state index contributed by atoms with van der Waals surface area (Å²) in [5, 5.41) is 12.5. The summed E-state index contributed by atoms with van der Waals surface area (Å²) in [6, 6.07) is 1.50. The van der Waals surface area contributed by atoms with Crippen LogP contribution in [0.1, 0.15) is 44.2 Å². The molecular weight excluding hydrogens is 294 g/mol. The molecule has 1 aromatic heterocycles. The van der Waals surface area contributed by atoms with Gasteiger partial charge in [0.05, 0.1) is 5.69 Å². The minimum atomic E-state index is -0.297. The van der Waals surface area contributed by atoms with E-state index in [0.717, 1.165) is 18.5 Å². The monoisotopic (exact) mass is 321 g/mol. The Labute approximate surface area is 137 Å². The van der Waals surface area contributed by atoms with Gasteiger partial charge in [0.15, 0.2) is 0 Å². The van der Waals surface area contributed by atoms with Crippen molar-refractivity contribution in [2.75, 3.05) is 18.4 Å². The molecule has 1 aliphatic carbocycles. The van der Waals surface area contributed by atoms with Crippen LogP contribution in [0.3, 0.4) is 0 Å². The van der Waals surface area contributed by atoms with Gasteiger partial charge in [-0.05, 0) is 25.7 Å². The van der Waals surface area contributed by atoms with Crippen LogP contribution in [0.2, 0.25) is 0 Å². The molecule has 1 saturated carbocycles. The average molecular weight is 321 g/mol. The van der Waals surface area contributed by atoms with E-state index in [1.54, 1.807) is 17.8 Å². The summed E-state index contributed by atoms with van der Waals surface area (Å²) >= 11 is 0. The molecule has 7 nitrogen and oxygen atoms in total. The van der Waals surface area contributed by atoms with Crippen molar-refractivity contribution in [1.82, 2.24) is 20.4 Å². The smallest absolute Gasteiger partial charge is 0.320 e. The number of aromatic nitrogens is 2. The molecule has 3 N–H and O–H groups in total. The fraction of sp³-hybridized carbons (Fsp3) is 0.688. The second kappa shape index (κ2) is 8.55. The predicted molar refractivity (Wildman–Crippen MR) is 89.2 cm³/mol. The zero-order valence-electron chi connectivity index (χ0n) is 14.0. The number of carbonyl (C=O) groups excluding carboxylic acids is 2. The van der Waals surface area contributed by atoms with Crippen LogP contribution in [0.4, 0.5) is 10.6 Å². The standard InChI is InChI=1S/C16H27N5O2/c1-12-10-14(21(2)20-12)19-16(23)18-9-8-17-15(22)11-13-6-4-3-5-7-13/h10,13H,3-9,11H2,1-2H3,(H,17,22)(H2,18,19,23). The topological polar surface area (TPSA) is 88.0 Å². The third-order valence-electron chi connectivity index (χ3n) is 4.18. The molecule has 7 heteroatoms. The summed E-state index contributed by atoms with van der Waals surface area (Å²) < 4.78 is 1.61. The summed E-state index contributed by atoms with van der Waals surface area (Å²) in [4.78, 5) is 23.6. The van der Waals surface area contributed by atoms with Crippen LogP contribution >= 0.6 is 0 Å². The Morgan fingerprint density at radius 3 is 2.57 bits per heavy atom. The van der Waals surface area contributed by atoms with Crippen LogP contribution in [0.25, 0.3) is 0 Å². The van der Waals surface area contributed by atoms with Gasteiger partial charge in [-0.15, -0.1) is 0 Å². The molecule has 0 bridgehead atoms. The van der Waals surface area contributed by atoms with Crippen molar-refractivity contribution in [2.45, 2.75) is 45.4 Å². The molecule has 0 spiro atoms. The number of hydrogen-bond donors (Lipinski definition) is 3. The molecule has 0 radical (unpaired) electrons. The quantitative estimate of drug-likeness (QED) is 0.700. The first kappa shape index (κ1) is 17.3. The van der Waals surface area contributed by atoms with Gasteiger partial charge in [0, 0.05) is 32.6 Å². The second-order valence-electron chi connectivity index (χ2n) is 6.23. The van der Waals surface area contributed by atoms with Crippen LogP contribution in [-0.4, -0.2) is 34.8 Å². The number of carbonyl (C=O) groups is 2. The van der Waals surface area contributed by atoms with Gasteiger partial charge in [0.2, 0.25) is 5.91 Å². The molecule has 0 aromatic carbocycles. The van der Waals surface area contributed by atoms with E-state index in [0.29, 0.717) is 31.2 Å². The van der Waals surface area contributed by atoms with Crippen molar-refractivity contribution < 1.29 is 9.59 Å². The Bertz CT molecular complexity index is 535. The average Bonchev–Trinajstić information content (AvgIpc) is 2.82. The number of amides is 3. The predicted octanol–water partition coefficient (Wildman–Crippen LogP) is 1.94. The molecule has 0 atom stereocenters. The summed E-state index contributed by atoms with van der Waals surface area (Å²) in [6.07, 6.45) is 6.73. The number of hydrogen-bond acceptors (Lipinski definition) is 3. The first-order valence-corrected chi connectivity index (χ1v) is 8.37. The highest BCUT2D eigenvalue weighted by atomic mass is 16.2. The fourth-order valence-corrected chi connectivity index (χ4v) is 2.99. The third-order valence-corrected chi connectivity index (χ3v) is 4.18. The molecular formula is C16H27N5O2. The van der Waals surface area contributed by atoms with Gasteiger partial charge in [0.25, 0.3) is 0 Å². The Balaban J connectivity index is 1.58. The molecule has 0 unspecified atom stereocenters. The highest BCUT2D eigenvalue weighted by Gasteiger charge is 2.16. The van der Waals surface area contributed by atoms with E-state index in [4.69, 9.17) is 0 Å². The van der Waals surface area contributed by atoms with E-state index in [1.165, 1.54) is 19.3 Å². The Morgan fingerprint density at radius 1 is 1.22 bits per heavy atom. The molecule has 3 amide bonds. The van der Waals surface area contributed by atoms with Crippen LogP contribution in [0.15, 0.2) is 6.07 Å². The Kier molecular flexibility index (Phi) is 6.43. The molecule has 23 heavy (non-hydrogen) atoms. The lowest BCUT2D eigenvalue weighted by atomic mass is 9.87. The van der Waals surface area contributed by atoms with Gasteiger partial charge < -0.3 is 10.6 Å². The molecule has 1 heterocycles. The Hall–Kier alpha value is -2.05. The molecule has 0 aliphatic heterocycles. The minimum absolute atomic E-state index is 0.0846. The van der Waals surface area contributed by atoms with Gasteiger partial charge in [-0.3, -0.25) is 14.8 Å². The van der Waals surface area contributed by atoms with Crippen molar-refractivity contribution in [2.24, 2.45) is 13.0 Å². The molecule has 1 aliphatic rings. The maximum absolute atomic E-state index is 11.8. The lowest BCUT2D eigenvalue weighted by molar-refractivity contribution is -0.122. The first-order chi connectivity index (χ1) is 11.0. The molecule has 2 rings (SSSR count). The van der Waals surface area contributed by atoms with Crippen molar-refractivity contribution in [3.63, 3.8) is 0 Å². The van der Waals surface area contributed by atoms with E-state index in [9.17, 15) is 9.59 Å². The Morgan fingerprint density at radius 2 is 1.91 bits per heavy atom. The van der Waals surface area contributed by atoms with Gasteiger partial charge in [-0.25, -0.2) is 4.79 Å². The van der Waals surface area contributed by atoms with Gasteiger partial charge in [-0.1, -0.05) is 19.3 Å². The molecule has 0 saturated heterocycles. The third kappa shape index (κ3) is 5.92. The number of anilines is 1. The second-order valence-corrected chi connectivity index (χ2v) is 6.23. The molecule has 128 valence electrons. The van der Waals surface area contributed by atoms with Crippen molar-refractivity contribution in [3.8, 4) is 0 Å². The van der Waals surface area contributed by atoms with Crippen LogP contribution < -0.4 is 16.0 Å². The maximum Gasteiger partial charge on any atom is 0.320 e. The van der Waals surface area contributed by atoms with E-state index in [1.807, 2.05) is 6.92 Å². The largest absolute Gasteiger partial charge is 0.354 e. The SMILES string of the molecule is Cc1cc(NC(=O)NCCNC(=O)CC2CCCCC2)n(C)n1. The highest BCUT2D eigenvalue weighted by Crippen LogP contribution is 2.25. The summed E-state index contributed by atoms with van der Waals surface area (Å²) in [5.41, 5.74) is 0.845. The number of aryl methyl sites for hydroxylation is 2. The van der Waals surface area contributed by atoms with Gasteiger partial charge in [-0.2, -0.15) is 5.10 Å². The number of nitrogens with one attached hydrogen (secondary N) is 3.